The van der Waals surface area contributed by atoms with Crippen LogP contribution in [0.1, 0.15) is 149 Å². The molecule has 0 aliphatic rings. The lowest BCUT2D eigenvalue weighted by Gasteiger charge is -2.20. The van der Waals surface area contributed by atoms with Crippen LogP contribution in [0.3, 0.4) is 0 Å². The van der Waals surface area contributed by atoms with Gasteiger partial charge in [0.05, 0.1) is 13.2 Å². The van der Waals surface area contributed by atoms with Gasteiger partial charge in [0, 0.05) is 12.8 Å². The molecular weight excluding hydrogens is 625 g/mol. The molecule has 274 valence electrons. The van der Waals surface area contributed by atoms with Crippen LogP contribution in [0.25, 0.3) is 0 Å². The van der Waals surface area contributed by atoms with Crippen molar-refractivity contribution < 1.29 is 47.5 Å². The second-order valence-electron chi connectivity index (χ2n) is 12.0. The zero-order valence-corrected chi connectivity index (χ0v) is 30.0. The minimum absolute atomic E-state index is 0.150. The van der Waals surface area contributed by atoms with Gasteiger partial charge in [-0.25, -0.2) is 4.57 Å². The third-order valence-corrected chi connectivity index (χ3v) is 8.37. The molecule has 0 rings (SSSR count). The Hall–Kier alpha value is -2.04. The average Bonchev–Trinajstić information content (AvgIpc) is 3.04. The van der Waals surface area contributed by atoms with Gasteiger partial charge in [0.15, 0.2) is 6.10 Å². The molecule has 12 heteroatoms. The predicted molar refractivity (Wildman–Crippen MR) is 185 cm³/mol. The maximum absolute atomic E-state index is 12.5. The van der Waals surface area contributed by atoms with Crippen LogP contribution in [0.15, 0.2) is 24.3 Å². The van der Waals surface area contributed by atoms with Crippen LogP contribution >= 0.6 is 7.82 Å². The fraction of sp³-hybridized carbons (Fsp3) is 0.800. The summed E-state index contributed by atoms with van der Waals surface area (Å²) in [5.74, 6) is -2.41. The number of aliphatic carboxylic acids is 1. The van der Waals surface area contributed by atoms with E-state index >= 15 is 0 Å². The Morgan fingerprint density at radius 1 is 0.638 bits per heavy atom. The summed E-state index contributed by atoms with van der Waals surface area (Å²) in [5, 5.41) is 8.83. The van der Waals surface area contributed by atoms with E-state index in [1.54, 1.807) is 0 Å². The van der Waals surface area contributed by atoms with Gasteiger partial charge in [-0.1, -0.05) is 102 Å². The molecule has 0 saturated heterocycles. The summed E-state index contributed by atoms with van der Waals surface area (Å²) in [4.78, 5) is 45.6. The van der Waals surface area contributed by atoms with Crippen molar-refractivity contribution in [1.82, 2.24) is 0 Å². The number of nitrogens with two attached hydrogens (primary N) is 1. The predicted octanol–water partition coefficient (Wildman–Crippen LogP) is 8.33. The molecule has 0 saturated carbocycles. The molecule has 0 bridgehead atoms. The maximum Gasteiger partial charge on any atom is 0.472 e. The standard InChI is InChI=1S/C35H64NO10P/c1-3-5-7-9-11-13-15-17-18-20-22-24-26-33(37)43-28-31(29-44-47(41,42)45-30-32(36)35(39)40)46-34(38)27-25-23-21-19-16-14-12-10-8-6-4-2/h10-13,31-32H,3-9,14-30,36H2,1-2H3,(H,39,40)(H,41,42)/b12-10-,13-11-/t31-,32+/m1/s1. The highest BCUT2D eigenvalue weighted by Gasteiger charge is 2.28. The molecule has 0 fully saturated rings. The lowest BCUT2D eigenvalue weighted by molar-refractivity contribution is -0.161. The lowest BCUT2D eigenvalue weighted by atomic mass is 10.1. The van der Waals surface area contributed by atoms with E-state index in [1.807, 2.05) is 0 Å². The number of allylic oxidation sites excluding steroid dienone is 4. The lowest BCUT2D eigenvalue weighted by Crippen LogP contribution is -2.34. The van der Waals surface area contributed by atoms with Gasteiger partial charge in [0.1, 0.15) is 12.6 Å². The molecule has 1 unspecified atom stereocenters. The maximum atomic E-state index is 12.5. The minimum Gasteiger partial charge on any atom is -0.480 e. The van der Waals surface area contributed by atoms with Crippen LogP contribution < -0.4 is 5.73 Å². The minimum atomic E-state index is -4.71. The number of unbranched alkanes of at least 4 members (excludes halogenated alkanes) is 15. The summed E-state index contributed by atoms with van der Waals surface area (Å²) in [6, 6.07) is -1.52. The number of hydrogen-bond donors (Lipinski definition) is 3. The van der Waals surface area contributed by atoms with Crippen molar-refractivity contribution in [3.05, 3.63) is 24.3 Å². The van der Waals surface area contributed by atoms with Crippen molar-refractivity contribution in [2.24, 2.45) is 5.73 Å². The van der Waals surface area contributed by atoms with E-state index in [9.17, 15) is 23.8 Å². The van der Waals surface area contributed by atoms with Crippen LogP contribution in [-0.2, 0) is 37.5 Å². The van der Waals surface area contributed by atoms with Crippen LogP contribution in [-0.4, -0.2) is 59.9 Å². The van der Waals surface area contributed by atoms with Crippen LogP contribution in [0.5, 0.6) is 0 Å². The number of carboxylic acids is 1. The summed E-state index contributed by atoms with van der Waals surface area (Å²) in [6.45, 7) is 2.68. The number of phosphoric acid groups is 1. The fourth-order valence-corrected chi connectivity index (χ4v) is 5.29. The highest BCUT2D eigenvalue weighted by Crippen LogP contribution is 2.43. The monoisotopic (exact) mass is 689 g/mol. The number of carbonyl (C=O) groups excluding carboxylic acids is 2. The Balaban J connectivity index is 4.51. The number of carbonyl (C=O) groups is 3. The summed E-state index contributed by atoms with van der Waals surface area (Å²) in [6.07, 6.45) is 28.3. The van der Waals surface area contributed by atoms with Gasteiger partial charge in [-0.15, -0.1) is 0 Å². The first kappa shape index (κ1) is 45.0. The Bertz CT molecular complexity index is 911. The van der Waals surface area contributed by atoms with Gasteiger partial charge in [-0.2, -0.15) is 0 Å². The molecule has 0 aliphatic heterocycles. The van der Waals surface area contributed by atoms with Crippen molar-refractivity contribution >= 4 is 25.7 Å². The highest BCUT2D eigenvalue weighted by molar-refractivity contribution is 7.47. The zero-order chi connectivity index (χ0) is 35.0. The largest absolute Gasteiger partial charge is 0.480 e. The average molecular weight is 690 g/mol. The number of rotatable bonds is 33. The molecule has 0 aromatic carbocycles. The van der Waals surface area contributed by atoms with Crippen molar-refractivity contribution in [1.29, 1.82) is 0 Å². The molecule has 47 heavy (non-hydrogen) atoms. The van der Waals surface area contributed by atoms with Crippen LogP contribution in [0.2, 0.25) is 0 Å². The number of phosphoric ester groups is 1. The molecule has 0 amide bonds. The Kier molecular flexibility index (Phi) is 29.9. The third-order valence-electron chi connectivity index (χ3n) is 7.42. The van der Waals surface area contributed by atoms with E-state index in [-0.39, 0.29) is 19.4 Å². The van der Waals surface area contributed by atoms with Gasteiger partial charge in [0.25, 0.3) is 0 Å². The SMILES string of the molecule is CCCC/C=C\CCCCCCCC(=O)O[C@H](COC(=O)CCCCCCC/C=C\CCCCC)COP(=O)(O)OC[C@H](N)C(=O)O. The smallest absolute Gasteiger partial charge is 0.472 e. The van der Waals surface area contributed by atoms with Crippen LogP contribution in [0.4, 0.5) is 0 Å². The second kappa shape index (κ2) is 31.2. The van der Waals surface area contributed by atoms with Crippen molar-refractivity contribution in [3.63, 3.8) is 0 Å². The van der Waals surface area contributed by atoms with Gasteiger partial charge in [-0.05, 0) is 57.8 Å². The first-order chi connectivity index (χ1) is 22.6. The van der Waals surface area contributed by atoms with Crippen molar-refractivity contribution in [3.8, 4) is 0 Å². The van der Waals surface area contributed by atoms with E-state index in [1.165, 1.54) is 32.1 Å². The van der Waals surface area contributed by atoms with Gasteiger partial charge in [0.2, 0.25) is 0 Å². The van der Waals surface area contributed by atoms with E-state index in [4.69, 9.17) is 24.8 Å². The third kappa shape index (κ3) is 31.0. The number of hydrogen-bond acceptors (Lipinski definition) is 9. The Morgan fingerprint density at radius 3 is 1.62 bits per heavy atom. The first-order valence-corrected chi connectivity index (χ1v) is 19.4. The quantitative estimate of drug-likeness (QED) is 0.0262. The normalized spacial score (nSPS) is 14.3. The van der Waals surface area contributed by atoms with Gasteiger partial charge >= 0.3 is 25.7 Å². The molecule has 0 aliphatic carbocycles. The second-order valence-corrected chi connectivity index (χ2v) is 13.4. The molecule has 4 N–H and O–H groups in total. The van der Waals surface area contributed by atoms with E-state index in [2.05, 4.69) is 42.7 Å². The molecule has 11 nitrogen and oxygen atoms in total. The van der Waals surface area contributed by atoms with Gasteiger partial charge < -0.3 is 25.2 Å². The first-order valence-electron chi connectivity index (χ1n) is 17.9. The van der Waals surface area contributed by atoms with E-state index < -0.39 is 51.1 Å². The Labute approximate surface area is 283 Å². The van der Waals surface area contributed by atoms with Crippen molar-refractivity contribution in [2.75, 3.05) is 19.8 Å². The summed E-state index contributed by atoms with van der Waals surface area (Å²) < 4.78 is 32.4. The Morgan fingerprint density at radius 2 is 1.09 bits per heavy atom. The molecule has 3 atom stereocenters. The highest BCUT2D eigenvalue weighted by atomic mass is 31.2. The number of esters is 2. The molecule has 0 aromatic rings. The van der Waals surface area contributed by atoms with E-state index in [0.29, 0.717) is 12.8 Å². The van der Waals surface area contributed by atoms with Gasteiger partial charge in [-0.3, -0.25) is 23.4 Å². The molecule has 0 heterocycles. The topological polar surface area (TPSA) is 172 Å². The summed E-state index contributed by atoms with van der Waals surface area (Å²) >= 11 is 0. The molecular formula is C35H64NO10P. The number of ether oxygens (including phenoxy) is 2. The molecule has 0 radical (unpaired) electrons. The fourth-order valence-electron chi connectivity index (χ4n) is 4.51. The molecule has 0 aromatic heterocycles. The molecule has 0 spiro atoms. The zero-order valence-electron chi connectivity index (χ0n) is 29.1. The number of carboxylic acid groups (broad SMARTS) is 1. The van der Waals surface area contributed by atoms with Crippen LogP contribution in [0, 0.1) is 0 Å². The summed E-state index contributed by atoms with van der Waals surface area (Å²) in [7, 11) is -4.71. The summed E-state index contributed by atoms with van der Waals surface area (Å²) in [5.41, 5.74) is 5.30. The van der Waals surface area contributed by atoms with Crippen molar-refractivity contribution in [2.45, 2.75) is 161 Å². The van der Waals surface area contributed by atoms with E-state index in [0.717, 1.165) is 77.0 Å².